The van der Waals surface area contributed by atoms with Gasteiger partial charge in [0.1, 0.15) is 11.6 Å². The molecular formula is C23H27N3O3. The summed E-state index contributed by atoms with van der Waals surface area (Å²) in [5, 5.41) is 12.6. The fourth-order valence-corrected chi connectivity index (χ4v) is 3.45. The molecule has 0 saturated carbocycles. The molecule has 1 aliphatic heterocycles. The van der Waals surface area contributed by atoms with E-state index >= 15 is 0 Å². The molecular weight excluding hydrogens is 366 g/mol. The van der Waals surface area contributed by atoms with Crippen LogP contribution in [0.2, 0.25) is 0 Å². The maximum Gasteiger partial charge on any atom is 0.258 e. The van der Waals surface area contributed by atoms with E-state index in [9.17, 15) is 10.1 Å². The van der Waals surface area contributed by atoms with Crippen molar-refractivity contribution in [2.24, 2.45) is 0 Å². The molecule has 29 heavy (non-hydrogen) atoms. The second kappa shape index (κ2) is 8.62. The number of ether oxygens (including phenoxy) is 2. The van der Waals surface area contributed by atoms with E-state index < -0.39 is 0 Å². The summed E-state index contributed by atoms with van der Waals surface area (Å²) in [4.78, 5) is 16.8. The molecule has 1 amide bonds. The van der Waals surface area contributed by atoms with Crippen LogP contribution in [0.5, 0.6) is 5.88 Å². The highest BCUT2D eigenvalue weighted by molar-refractivity contribution is 5.77. The third kappa shape index (κ3) is 4.93. The molecule has 0 atom stereocenters. The molecule has 0 saturated heterocycles. The van der Waals surface area contributed by atoms with E-state index in [0.29, 0.717) is 25.1 Å². The molecule has 2 aromatic rings. The van der Waals surface area contributed by atoms with Gasteiger partial charge >= 0.3 is 0 Å². The lowest BCUT2D eigenvalue weighted by Crippen LogP contribution is -2.34. The topological polar surface area (TPSA) is 84.2 Å². The maximum atomic E-state index is 12.2. The molecule has 0 bridgehead atoms. The lowest BCUT2D eigenvalue weighted by molar-refractivity contribution is -0.123. The zero-order valence-electron chi connectivity index (χ0n) is 17.4. The number of aromatic nitrogens is 1. The molecule has 1 aromatic carbocycles. The number of nitrogens with one attached hydrogen (secondary N) is 1. The van der Waals surface area contributed by atoms with Gasteiger partial charge in [-0.25, -0.2) is 4.98 Å². The van der Waals surface area contributed by atoms with Crippen molar-refractivity contribution in [1.29, 1.82) is 5.26 Å². The summed E-state index contributed by atoms with van der Waals surface area (Å²) in [5.74, 6) is 0.116. The SMILES string of the molecule is CC(C)c1nc(OCC(=O)NCc2ccccc2)c(C#N)c2c1COC(C)(C)C2. The van der Waals surface area contributed by atoms with Crippen LogP contribution in [-0.2, 0) is 29.1 Å². The summed E-state index contributed by atoms with van der Waals surface area (Å²) in [6.45, 7) is 8.76. The van der Waals surface area contributed by atoms with E-state index in [1.165, 1.54) is 0 Å². The Balaban J connectivity index is 1.79. The van der Waals surface area contributed by atoms with E-state index in [1.807, 2.05) is 58.0 Å². The molecule has 6 nitrogen and oxygen atoms in total. The summed E-state index contributed by atoms with van der Waals surface area (Å²) < 4.78 is 11.7. The lowest BCUT2D eigenvalue weighted by Gasteiger charge is -2.34. The maximum absolute atomic E-state index is 12.2. The van der Waals surface area contributed by atoms with E-state index in [2.05, 4.69) is 16.4 Å². The first-order chi connectivity index (χ1) is 13.8. The third-order valence-corrected chi connectivity index (χ3v) is 4.95. The molecule has 0 spiro atoms. The Morgan fingerprint density at radius 1 is 1.31 bits per heavy atom. The van der Waals surface area contributed by atoms with Gasteiger partial charge in [-0.3, -0.25) is 4.79 Å². The second-order valence-electron chi connectivity index (χ2n) is 8.18. The zero-order valence-corrected chi connectivity index (χ0v) is 17.4. The first kappa shape index (κ1) is 20.8. The van der Waals surface area contributed by atoms with Gasteiger partial charge in [-0.1, -0.05) is 44.2 Å². The molecule has 152 valence electrons. The van der Waals surface area contributed by atoms with Crippen molar-refractivity contribution in [1.82, 2.24) is 10.3 Å². The predicted molar refractivity (Wildman–Crippen MR) is 109 cm³/mol. The number of rotatable bonds is 6. The van der Waals surface area contributed by atoms with Crippen molar-refractivity contribution in [3.05, 3.63) is 58.3 Å². The molecule has 1 aliphatic rings. The Morgan fingerprint density at radius 3 is 2.69 bits per heavy atom. The predicted octanol–water partition coefficient (Wildman–Crippen LogP) is 3.62. The number of hydrogen-bond acceptors (Lipinski definition) is 5. The minimum atomic E-state index is -0.363. The average molecular weight is 393 g/mol. The van der Waals surface area contributed by atoms with Crippen molar-refractivity contribution < 1.29 is 14.3 Å². The summed E-state index contributed by atoms with van der Waals surface area (Å²) in [5.41, 5.74) is 3.79. The number of nitrogens with zero attached hydrogens (tertiary/aromatic N) is 2. The minimum Gasteiger partial charge on any atom is -0.467 e. The van der Waals surface area contributed by atoms with Gasteiger partial charge in [-0.15, -0.1) is 0 Å². The number of carbonyl (C=O) groups is 1. The summed E-state index contributed by atoms with van der Waals surface area (Å²) in [6, 6.07) is 11.9. The van der Waals surface area contributed by atoms with E-state index in [0.717, 1.165) is 22.4 Å². The fourth-order valence-electron chi connectivity index (χ4n) is 3.45. The number of amides is 1. The van der Waals surface area contributed by atoms with E-state index in [-0.39, 0.29) is 29.9 Å². The number of nitriles is 1. The van der Waals surface area contributed by atoms with Gasteiger partial charge in [-0.05, 0) is 30.9 Å². The average Bonchev–Trinajstić information content (AvgIpc) is 2.69. The van der Waals surface area contributed by atoms with Crippen LogP contribution in [-0.4, -0.2) is 23.1 Å². The van der Waals surface area contributed by atoms with Gasteiger partial charge in [0.05, 0.1) is 17.9 Å². The number of hydrogen-bond donors (Lipinski definition) is 1. The molecule has 0 aliphatic carbocycles. The van der Waals surface area contributed by atoms with Crippen molar-refractivity contribution >= 4 is 5.91 Å². The number of carbonyl (C=O) groups excluding carboxylic acids is 1. The van der Waals surface area contributed by atoms with Gasteiger partial charge < -0.3 is 14.8 Å². The van der Waals surface area contributed by atoms with E-state index in [4.69, 9.17) is 9.47 Å². The smallest absolute Gasteiger partial charge is 0.258 e. The summed E-state index contributed by atoms with van der Waals surface area (Å²) in [7, 11) is 0. The van der Waals surface area contributed by atoms with Gasteiger partial charge in [0, 0.05) is 18.5 Å². The van der Waals surface area contributed by atoms with Crippen LogP contribution in [0, 0.1) is 11.3 Å². The molecule has 2 heterocycles. The third-order valence-electron chi connectivity index (χ3n) is 4.95. The van der Waals surface area contributed by atoms with Crippen LogP contribution >= 0.6 is 0 Å². The Kier molecular flexibility index (Phi) is 6.19. The van der Waals surface area contributed by atoms with Crippen molar-refractivity contribution in [2.75, 3.05) is 6.61 Å². The first-order valence-corrected chi connectivity index (χ1v) is 9.84. The Labute approximate surface area is 171 Å². The number of pyridine rings is 1. The van der Waals surface area contributed by atoms with Crippen molar-refractivity contribution in [3.63, 3.8) is 0 Å². The van der Waals surface area contributed by atoms with Crippen molar-refractivity contribution in [2.45, 2.75) is 58.8 Å². The monoisotopic (exact) mass is 393 g/mol. The van der Waals surface area contributed by atoms with Gasteiger partial charge in [-0.2, -0.15) is 5.26 Å². The van der Waals surface area contributed by atoms with Crippen molar-refractivity contribution in [3.8, 4) is 11.9 Å². The lowest BCUT2D eigenvalue weighted by atomic mass is 9.86. The van der Waals surface area contributed by atoms with Crippen LogP contribution in [0.4, 0.5) is 0 Å². The fraction of sp³-hybridized carbons (Fsp3) is 0.435. The highest BCUT2D eigenvalue weighted by Gasteiger charge is 2.32. The molecule has 1 N–H and O–H groups in total. The molecule has 0 unspecified atom stereocenters. The molecule has 0 radical (unpaired) electrons. The quantitative estimate of drug-likeness (QED) is 0.810. The summed E-state index contributed by atoms with van der Waals surface area (Å²) >= 11 is 0. The largest absolute Gasteiger partial charge is 0.467 e. The highest BCUT2D eigenvalue weighted by Crippen LogP contribution is 2.37. The van der Waals surface area contributed by atoms with Crippen LogP contribution in [0.25, 0.3) is 0 Å². The van der Waals surface area contributed by atoms with E-state index in [1.54, 1.807) is 0 Å². The molecule has 0 fully saturated rings. The zero-order chi connectivity index (χ0) is 21.0. The highest BCUT2D eigenvalue weighted by atomic mass is 16.5. The number of benzene rings is 1. The Morgan fingerprint density at radius 2 is 2.03 bits per heavy atom. The van der Waals surface area contributed by atoms with Crippen LogP contribution < -0.4 is 10.1 Å². The standard InChI is InChI=1S/C23H27N3O3/c1-15(2)21-19-13-29-23(3,4)10-17(19)18(11-24)22(26-21)28-14-20(27)25-12-16-8-6-5-7-9-16/h5-9,15H,10,12-14H2,1-4H3,(H,25,27). The second-order valence-corrected chi connectivity index (χ2v) is 8.18. The van der Waals surface area contributed by atoms with Crippen LogP contribution in [0.3, 0.4) is 0 Å². The first-order valence-electron chi connectivity index (χ1n) is 9.84. The minimum absolute atomic E-state index is 0.149. The molecule has 6 heteroatoms. The molecule has 3 rings (SSSR count). The number of fused-ring (bicyclic) bond motifs is 1. The van der Waals surface area contributed by atoms with Gasteiger partial charge in [0.25, 0.3) is 5.91 Å². The Hall–Kier alpha value is -2.91. The van der Waals surface area contributed by atoms with Gasteiger partial charge in [0.2, 0.25) is 5.88 Å². The van der Waals surface area contributed by atoms with Gasteiger partial charge in [0.15, 0.2) is 6.61 Å². The van der Waals surface area contributed by atoms with Crippen LogP contribution in [0.15, 0.2) is 30.3 Å². The normalized spacial score (nSPS) is 14.8. The van der Waals surface area contributed by atoms with Crippen LogP contribution in [0.1, 0.15) is 61.6 Å². The summed E-state index contributed by atoms with van der Waals surface area (Å²) in [6.07, 6.45) is 0.601. The Bertz CT molecular complexity index is 931. The molecule has 1 aromatic heterocycles.